The average Bonchev–Trinajstić information content (AvgIpc) is 3.15. The zero-order chi connectivity index (χ0) is 13.9. The molecule has 0 aliphatic carbocycles. The second kappa shape index (κ2) is 5.49. The van der Waals surface area contributed by atoms with Gasteiger partial charge in [-0.15, -0.1) is 0 Å². The van der Waals surface area contributed by atoms with Crippen LogP contribution in [0, 0.1) is 11.3 Å². The number of hydrogen-bond donors (Lipinski definition) is 1. The molecule has 0 aromatic carbocycles. The number of hydrogen-bond acceptors (Lipinski definition) is 5. The number of aryl methyl sites for hydroxylation is 1. The van der Waals surface area contributed by atoms with E-state index in [1.54, 1.807) is 12.3 Å². The van der Waals surface area contributed by atoms with E-state index in [1.165, 1.54) is 0 Å². The maximum atomic E-state index is 8.73. The Morgan fingerprint density at radius 1 is 1.55 bits per heavy atom. The lowest BCUT2D eigenvalue weighted by Crippen LogP contribution is -2.32. The van der Waals surface area contributed by atoms with Gasteiger partial charge >= 0.3 is 0 Å². The Labute approximate surface area is 117 Å². The highest BCUT2D eigenvalue weighted by Gasteiger charge is 2.32. The number of aromatic nitrogens is 2. The molecule has 0 saturated carbocycles. The zero-order valence-corrected chi connectivity index (χ0v) is 11.2. The molecule has 104 valence electrons. The van der Waals surface area contributed by atoms with Gasteiger partial charge in [0.05, 0.1) is 6.54 Å². The monoisotopic (exact) mass is 272 g/mol. The van der Waals surface area contributed by atoms with Crippen molar-refractivity contribution in [3.05, 3.63) is 41.9 Å². The van der Waals surface area contributed by atoms with Crippen LogP contribution in [0.5, 0.6) is 0 Å². The predicted octanol–water partition coefficient (Wildman–Crippen LogP) is 1.50. The van der Waals surface area contributed by atoms with E-state index in [1.807, 2.05) is 29.9 Å². The Morgan fingerprint density at radius 2 is 2.45 bits per heavy atom. The summed E-state index contributed by atoms with van der Waals surface area (Å²) in [6, 6.07) is 5.68. The summed E-state index contributed by atoms with van der Waals surface area (Å²) in [5, 5.41) is 12.2. The van der Waals surface area contributed by atoms with Gasteiger partial charge in [0.2, 0.25) is 5.76 Å². The molecule has 0 bridgehead atoms. The molecule has 3 heterocycles. The first-order valence-corrected chi connectivity index (χ1v) is 6.59. The van der Waals surface area contributed by atoms with Crippen LogP contribution in [0.2, 0.25) is 0 Å². The van der Waals surface area contributed by atoms with E-state index in [4.69, 9.17) is 14.4 Å². The van der Waals surface area contributed by atoms with Crippen molar-refractivity contribution in [3.63, 3.8) is 0 Å². The van der Waals surface area contributed by atoms with Crippen molar-refractivity contribution >= 4 is 0 Å². The van der Waals surface area contributed by atoms with E-state index in [-0.39, 0.29) is 12.1 Å². The predicted molar refractivity (Wildman–Crippen MR) is 70.6 cm³/mol. The largest absolute Gasteiger partial charge is 0.449 e. The van der Waals surface area contributed by atoms with Crippen LogP contribution in [-0.4, -0.2) is 22.2 Å². The van der Waals surface area contributed by atoms with Gasteiger partial charge in [-0.05, 0) is 18.6 Å². The fourth-order valence-electron chi connectivity index (χ4n) is 2.47. The molecular formula is C14H16N4O2. The summed E-state index contributed by atoms with van der Waals surface area (Å²) in [7, 11) is 1.97. The molecule has 0 unspecified atom stereocenters. The van der Waals surface area contributed by atoms with Gasteiger partial charge in [-0.2, -0.15) is 5.26 Å². The minimum absolute atomic E-state index is 0.0413. The summed E-state index contributed by atoms with van der Waals surface area (Å²) in [6.45, 7) is 1.30. The third kappa shape index (κ3) is 2.46. The van der Waals surface area contributed by atoms with Gasteiger partial charge in [0.25, 0.3) is 0 Å². The number of imidazole rings is 1. The molecule has 1 saturated heterocycles. The van der Waals surface area contributed by atoms with E-state index in [9.17, 15) is 0 Å². The maximum Gasteiger partial charge on any atom is 0.203 e. The van der Waals surface area contributed by atoms with Crippen LogP contribution in [0.1, 0.15) is 29.9 Å². The van der Waals surface area contributed by atoms with Crippen molar-refractivity contribution in [1.29, 1.82) is 5.26 Å². The topological polar surface area (TPSA) is 76.0 Å². The van der Waals surface area contributed by atoms with Gasteiger partial charge in [0.15, 0.2) is 0 Å². The van der Waals surface area contributed by atoms with Gasteiger partial charge in [-0.25, -0.2) is 4.98 Å². The third-order valence-corrected chi connectivity index (χ3v) is 3.51. The lowest BCUT2D eigenvalue weighted by molar-refractivity contribution is 0.0889. The number of rotatable bonds is 4. The molecule has 20 heavy (non-hydrogen) atoms. The van der Waals surface area contributed by atoms with Crippen LogP contribution in [0.4, 0.5) is 0 Å². The molecule has 2 aromatic rings. The van der Waals surface area contributed by atoms with E-state index >= 15 is 0 Å². The fraction of sp³-hybridized carbons (Fsp3) is 0.429. The summed E-state index contributed by atoms with van der Waals surface area (Å²) < 4.78 is 13.1. The molecule has 2 atom stereocenters. The SMILES string of the molecule is Cn1ccnc1[C@H]1OCC[C@@H]1NCc1ccc(C#N)o1. The first kappa shape index (κ1) is 12.9. The lowest BCUT2D eigenvalue weighted by atomic mass is 10.1. The summed E-state index contributed by atoms with van der Waals surface area (Å²) in [5.74, 6) is 2.02. The number of furan rings is 1. The highest BCUT2D eigenvalue weighted by Crippen LogP contribution is 2.28. The Kier molecular flexibility index (Phi) is 3.54. The van der Waals surface area contributed by atoms with Gasteiger partial charge in [0, 0.05) is 32.1 Å². The van der Waals surface area contributed by atoms with Gasteiger partial charge in [0.1, 0.15) is 23.8 Å². The number of nitrogens with zero attached hydrogens (tertiary/aromatic N) is 3. The molecule has 6 nitrogen and oxygen atoms in total. The Hall–Kier alpha value is -2.10. The first-order chi connectivity index (χ1) is 9.78. The molecule has 0 spiro atoms. The van der Waals surface area contributed by atoms with Crippen molar-refractivity contribution in [1.82, 2.24) is 14.9 Å². The molecule has 1 fully saturated rings. The van der Waals surface area contributed by atoms with Crippen LogP contribution in [-0.2, 0) is 18.3 Å². The fourth-order valence-corrected chi connectivity index (χ4v) is 2.47. The number of nitriles is 1. The second-order valence-electron chi connectivity index (χ2n) is 4.84. The van der Waals surface area contributed by atoms with Crippen LogP contribution in [0.15, 0.2) is 28.9 Å². The molecule has 2 aromatic heterocycles. The number of nitrogens with one attached hydrogen (secondary N) is 1. The van der Waals surface area contributed by atoms with Crippen molar-refractivity contribution in [2.45, 2.75) is 25.1 Å². The zero-order valence-electron chi connectivity index (χ0n) is 11.2. The molecule has 0 radical (unpaired) electrons. The van der Waals surface area contributed by atoms with Gasteiger partial charge < -0.3 is 19.0 Å². The molecule has 6 heteroatoms. The van der Waals surface area contributed by atoms with Gasteiger partial charge in [-0.1, -0.05) is 0 Å². The average molecular weight is 272 g/mol. The number of ether oxygens (including phenoxy) is 1. The summed E-state index contributed by atoms with van der Waals surface area (Å²) in [6.07, 6.45) is 4.59. The second-order valence-corrected chi connectivity index (χ2v) is 4.84. The Bertz CT molecular complexity index is 625. The minimum Gasteiger partial charge on any atom is -0.449 e. The normalized spacial score (nSPS) is 22.0. The summed E-state index contributed by atoms with van der Waals surface area (Å²) >= 11 is 0. The molecule has 3 rings (SSSR count). The summed E-state index contributed by atoms with van der Waals surface area (Å²) in [4.78, 5) is 4.35. The minimum atomic E-state index is -0.0413. The van der Waals surface area contributed by atoms with Crippen molar-refractivity contribution in [2.75, 3.05) is 6.61 Å². The van der Waals surface area contributed by atoms with Crippen LogP contribution < -0.4 is 5.32 Å². The highest BCUT2D eigenvalue weighted by atomic mass is 16.5. The first-order valence-electron chi connectivity index (χ1n) is 6.59. The lowest BCUT2D eigenvalue weighted by Gasteiger charge is -2.19. The Balaban J connectivity index is 1.65. The standard InChI is InChI=1S/C14H16N4O2/c1-18-6-5-16-14(18)13-12(4-7-19-13)17-9-11-3-2-10(8-15)20-11/h2-3,5-6,12-13,17H,4,7,9H2,1H3/t12-,13-/m0/s1. The summed E-state index contributed by atoms with van der Waals surface area (Å²) in [5.41, 5.74) is 0. The molecule has 0 amide bonds. The van der Waals surface area contributed by atoms with Crippen LogP contribution in [0.25, 0.3) is 0 Å². The van der Waals surface area contributed by atoms with Crippen molar-refractivity contribution < 1.29 is 9.15 Å². The van der Waals surface area contributed by atoms with E-state index < -0.39 is 0 Å². The quantitative estimate of drug-likeness (QED) is 0.913. The van der Waals surface area contributed by atoms with Crippen LogP contribution >= 0.6 is 0 Å². The van der Waals surface area contributed by atoms with E-state index in [0.717, 1.165) is 24.6 Å². The van der Waals surface area contributed by atoms with Crippen LogP contribution in [0.3, 0.4) is 0 Å². The maximum absolute atomic E-state index is 8.73. The highest BCUT2D eigenvalue weighted by molar-refractivity contribution is 5.19. The van der Waals surface area contributed by atoms with Crippen molar-refractivity contribution in [2.24, 2.45) is 7.05 Å². The molecular weight excluding hydrogens is 256 g/mol. The third-order valence-electron chi connectivity index (χ3n) is 3.51. The Morgan fingerprint density at radius 3 is 3.15 bits per heavy atom. The molecule has 1 N–H and O–H groups in total. The smallest absolute Gasteiger partial charge is 0.203 e. The molecule has 1 aliphatic heterocycles. The van der Waals surface area contributed by atoms with Gasteiger partial charge in [-0.3, -0.25) is 0 Å². The van der Waals surface area contributed by atoms with E-state index in [2.05, 4.69) is 10.3 Å². The van der Waals surface area contributed by atoms with Crippen molar-refractivity contribution in [3.8, 4) is 6.07 Å². The molecule has 1 aliphatic rings. The van der Waals surface area contributed by atoms with E-state index in [0.29, 0.717) is 12.3 Å².